The van der Waals surface area contributed by atoms with Gasteiger partial charge in [0.1, 0.15) is 18.3 Å². The number of carbonyl (C=O) groups is 4. The lowest BCUT2D eigenvalue weighted by Gasteiger charge is -2.26. The molecule has 15 heteroatoms. The topological polar surface area (TPSA) is 129 Å². The fourth-order valence-electron chi connectivity index (χ4n) is 4.69. The Morgan fingerprint density at radius 2 is 1.63 bits per heavy atom. The molecule has 1 aliphatic heterocycles. The first kappa shape index (κ1) is 30.3. The van der Waals surface area contributed by atoms with Gasteiger partial charge in [0.05, 0.1) is 6.04 Å². The molecule has 2 aliphatic rings. The lowest BCUT2D eigenvalue weighted by Crippen LogP contribution is -2.53. The molecule has 1 saturated heterocycles. The van der Waals surface area contributed by atoms with Crippen molar-refractivity contribution in [2.45, 2.75) is 62.6 Å². The highest BCUT2D eigenvalue weighted by atomic mass is 19.4. The van der Waals surface area contributed by atoms with Crippen LogP contribution < -0.4 is 16.0 Å². The fraction of sp³-hybridized carbons (Fsp3) is 0.538. The van der Waals surface area contributed by atoms with E-state index in [1.807, 2.05) is 0 Å². The number of aromatic amines is 1. The molecule has 1 unspecified atom stereocenters. The van der Waals surface area contributed by atoms with Crippen molar-refractivity contribution in [1.82, 2.24) is 20.9 Å². The highest BCUT2D eigenvalue weighted by Gasteiger charge is 2.58. The van der Waals surface area contributed by atoms with Crippen molar-refractivity contribution in [2.24, 2.45) is 11.8 Å². The van der Waals surface area contributed by atoms with Crippen molar-refractivity contribution < 1.29 is 50.3 Å². The molecular weight excluding hydrogens is 562 g/mol. The molecule has 1 saturated carbocycles. The van der Waals surface area contributed by atoms with E-state index >= 15 is 0 Å². The van der Waals surface area contributed by atoms with Crippen molar-refractivity contribution in [3.05, 3.63) is 36.0 Å². The predicted octanol–water partition coefficient (Wildman–Crippen LogP) is 3.16. The van der Waals surface area contributed by atoms with Crippen LogP contribution in [0.1, 0.15) is 42.6 Å². The molecule has 1 aliphatic carbocycles. The molecule has 224 valence electrons. The lowest BCUT2D eigenvalue weighted by atomic mass is 9.95. The van der Waals surface area contributed by atoms with Gasteiger partial charge < -0.3 is 25.7 Å². The molecule has 2 fully saturated rings. The number of benzene rings is 1. The number of hydrogen-bond donors (Lipinski definition) is 4. The Morgan fingerprint density at radius 3 is 2.22 bits per heavy atom. The van der Waals surface area contributed by atoms with E-state index in [0.717, 1.165) is 18.2 Å². The summed E-state index contributed by atoms with van der Waals surface area (Å²) in [6.07, 6.45) is -14.2. The monoisotopic (exact) mass is 590 g/mol. The van der Waals surface area contributed by atoms with E-state index < -0.39 is 66.6 Å². The summed E-state index contributed by atoms with van der Waals surface area (Å²) in [4.78, 5) is 54.1. The summed E-state index contributed by atoms with van der Waals surface area (Å²) in [6.45, 7) is -1.36. The number of hydrogen-bond acceptors (Lipinski definition) is 5. The third-order valence-corrected chi connectivity index (χ3v) is 7.04. The van der Waals surface area contributed by atoms with Crippen molar-refractivity contribution >= 4 is 34.4 Å². The average molecular weight is 591 g/mol. The Balaban J connectivity index is 1.48. The van der Waals surface area contributed by atoms with Gasteiger partial charge >= 0.3 is 12.4 Å². The molecule has 4 rings (SSSR count). The standard InChI is InChI=1S/C26H28F6N4O5/c27-25(28,29)24(26(30,31)32)41-12-20(37)17(11-15-7-8-33-21(15)38)35-22(39)18(9-13-5-6-13)36-23(40)19-10-14-3-1-2-4-16(14)34-19/h1-4,10,13,15,17-18,24,34H,5-9,11-12H2,(H,33,38)(H,35,39)(H,36,40)/t15-,17?,18-/m0/s1. The maximum absolute atomic E-state index is 13.3. The van der Waals surface area contributed by atoms with E-state index in [1.165, 1.54) is 0 Å². The van der Waals surface area contributed by atoms with Crippen molar-refractivity contribution in [2.75, 3.05) is 13.2 Å². The van der Waals surface area contributed by atoms with Crippen LogP contribution in [-0.4, -0.2) is 72.2 Å². The van der Waals surface area contributed by atoms with Crippen LogP contribution in [0.25, 0.3) is 10.9 Å². The summed E-state index contributed by atoms with van der Waals surface area (Å²) >= 11 is 0. The molecule has 0 spiro atoms. The van der Waals surface area contributed by atoms with Crippen LogP contribution in [0.4, 0.5) is 26.3 Å². The number of carbonyl (C=O) groups excluding carboxylic acids is 4. The van der Waals surface area contributed by atoms with Gasteiger partial charge in [-0.05, 0) is 37.3 Å². The molecule has 9 nitrogen and oxygen atoms in total. The van der Waals surface area contributed by atoms with Gasteiger partial charge in [-0.1, -0.05) is 31.0 Å². The molecular formula is C26H28F6N4O5. The molecule has 1 aromatic carbocycles. The number of ether oxygens (including phenoxy) is 1. The van der Waals surface area contributed by atoms with Crippen LogP contribution in [0.15, 0.2) is 30.3 Å². The smallest absolute Gasteiger partial charge is 0.356 e. The SMILES string of the molecule is O=C(N[C@@H](CC1CC1)C(=O)NC(C[C@@H]1CCNC1=O)C(=O)COC(C(F)(F)F)C(F)(F)F)c1cc2ccccc2[nH]1. The number of ketones is 1. The second kappa shape index (κ2) is 12.1. The highest BCUT2D eigenvalue weighted by Crippen LogP contribution is 2.36. The Hall–Kier alpha value is -3.62. The van der Waals surface area contributed by atoms with Crippen LogP contribution in [0.2, 0.25) is 0 Å². The number of Topliss-reactive ketones (excluding diaryl/α,β-unsaturated/α-hetero) is 1. The molecule has 1 aromatic heterocycles. The summed E-state index contributed by atoms with van der Waals surface area (Å²) in [5.74, 6) is -3.94. The average Bonchev–Trinajstić information content (AvgIpc) is 3.44. The summed E-state index contributed by atoms with van der Waals surface area (Å²) < 4.78 is 81.3. The minimum atomic E-state index is -5.83. The van der Waals surface area contributed by atoms with Crippen LogP contribution >= 0.6 is 0 Å². The zero-order chi connectivity index (χ0) is 29.9. The minimum Gasteiger partial charge on any atom is -0.356 e. The summed E-state index contributed by atoms with van der Waals surface area (Å²) in [5.41, 5.74) is 0.839. The highest BCUT2D eigenvalue weighted by molar-refractivity contribution is 6.01. The maximum atomic E-state index is 13.3. The molecule has 4 N–H and O–H groups in total. The first-order chi connectivity index (χ1) is 19.2. The van der Waals surface area contributed by atoms with E-state index in [4.69, 9.17) is 0 Å². The van der Waals surface area contributed by atoms with Crippen molar-refractivity contribution in [3.8, 4) is 0 Å². The second-order valence-corrected chi connectivity index (χ2v) is 10.3. The third-order valence-electron chi connectivity index (χ3n) is 7.04. The summed E-state index contributed by atoms with van der Waals surface area (Å²) in [6, 6.07) is 5.85. The van der Waals surface area contributed by atoms with E-state index in [9.17, 15) is 45.5 Å². The zero-order valence-electron chi connectivity index (χ0n) is 21.5. The maximum Gasteiger partial charge on any atom is 0.423 e. The largest absolute Gasteiger partial charge is 0.423 e. The van der Waals surface area contributed by atoms with Crippen LogP contribution in [0.3, 0.4) is 0 Å². The number of halogens is 6. The van der Waals surface area contributed by atoms with Gasteiger partial charge in [0.25, 0.3) is 5.91 Å². The first-order valence-electron chi connectivity index (χ1n) is 13.0. The normalized spacial score (nSPS) is 19.2. The Morgan fingerprint density at radius 1 is 0.951 bits per heavy atom. The Bertz CT molecular complexity index is 1240. The zero-order valence-corrected chi connectivity index (χ0v) is 21.5. The number of amides is 3. The lowest BCUT2D eigenvalue weighted by molar-refractivity contribution is -0.319. The van der Waals surface area contributed by atoms with Crippen LogP contribution in [0.5, 0.6) is 0 Å². The first-order valence-corrected chi connectivity index (χ1v) is 13.0. The van der Waals surface area contributed by atoms with Gasteiger partial charge in [0.2, 0.25) is 17.9 Å². The van der Waals surface area contributed by atoms with E-state index in [2.05, 4.69) is 25.7 Å². The number of para-hydroxylation sites is 1. The summed E-state index contributed by atoms with van der Waals surface area (Å²) in [5, 5.41) is 8.21. The number of rotatable bonds is 12. The fourth-order valence-corrected chi connectivity index (χ4v) is 4.69. The summed E-state index contributed by atoms with van der Waals surface area (Å²) in [7, 11) is 0. The van der Waals surface area contributed by atoms with Crippen LogP contribution in [0, 0.1) is 11.8 Å². The molecule has 2 heterocycles. The van der Waals surface area contributed by atoms with Crippen molar-refractivity contribution in [3.63, 3.8) is 0 Å². The number of H-pyrrole nitrogens is 1. The van der Waals surface area contributed by atoms with Crippen LogP contribution in [-0.2, 0) is 19.1 Å². The molecule has 3 atom stereocenters. The van der Waals surface area contributed by atoms with Gasteiger partial charge in [0.15, 0.2) is 5.78 Å². The quantitative estimate of drug-likeness (QED) is 0.283. The van der Waals surface area contributed by atoms with E-state index in [0.29, 0.717) is 5.52 Å². The molecule has 0 bridgehead atoms. The molecule has 41 heavy (non-hydrogen) atoms. The number of nitrogens with one attached hydrogen (secondary N) is 4. The predicted molar refractivity (Wildman–Crippen MR) is 131 cm³/mol. The van der Waals surface area contributed by atoms with E-state index in [1.54, 1.807) is 30.3 Å². The number of fused-ring (bicyclic) bond motifs is 1. The molecule has 2 aromatic rings. The minimum absolute atomic E-state index is 0.103. The van der Waals surface area contributed by atoms with Gasteiger partial charge in [0, 0.05) is 23.4 Å². The molecule has 3 amide bonds. The number of alkyl halides is 6. The Kier molecular flexibility index (Phi) is 8.94. The van der Waals surface area contributed by atoms with Gasteiger partial charge in [-0.2, -0.15) is 26.3 Å². The van der Waals surface area contributed by atoms with Gasteiger partial charge in [-0.25, -0.2) is 0 Å². The van der Waals surface area contributed by atoms with Gasteiger partial charge in [-0.15, -0.1) is 0 Å². The van der Waals surface area contributed by atoms with Gasteiger partial charge in [-0.3, -0.25) is 19.2 Å². The van der Waals surface area contributed by atoms with E-state index in [-0.39, 0.29) is 37.4 Å². The second-order valence-electron chi connectivity index (χ2n) is 10.3. The number of aromatic nitrogens is 1. The molecule has 0 radical (unpaired) electrons. The van der Waals surface area contributed by atoms with Crippen molar-refractivity contribution in [1.29, 1.82) is 0 Å². The third kappa shape index (κ3) is 7.99. The Labute approximate surface area is 229 Å².